The van der Waals surface area contributed by atoms with Crippen molar-refractivity contribution in [2.45, 2.75) is 13.3 Å². The van der Waals surface area contributed by atoms with E-state index in [1.165, 1.54) is 0 Å². The molecule has 0 bridgehead atoms. The molecule has 6 heteroatoms. The molecule has 1 aromatic carbocycles. The number of nitrogens with zero attached hydrogens (tertiary/aromatic N) is 1. The Morgan fingerprint density at radius 2 is 2.11 bits per heavy atom. The van der Waals surface area contributed by atoms with Crippen molar-refractivity contribution >= 4 is 34.0 Å². The van der Waals surface area contributed by atoms with Gasteiger partial charge in [-0.1, -0.05) is 35.1 Å². The number of nitrogens with two attached hydrogens (primary N) is 1. The average molecular weight is 297 g/mol. The summed E-state index contributed by atoms with van der Waals surface area (Å²) in [4.78, 5) is 16.5. The highest BCUT2D eigenvalue weighted by Crippen LogP contribution is 2.24. The van der Waals surface area contributed by atoms with Crippen LogP contribution < -0.4 is 5.73 Å². The number of rotatable bonds is 4. The lowest BCUT2D eigenvalue weighted by Gasteiger charge is -2.02. The zero-order valence-electron chi connectivity index (χ0n) is 10.4. The zero-order chi connectivity index (χ0) is 13.8. The fraction of sp³-hybridized carbons (Fsp3) is 0.231. The molecule has 1 aromatic heterocycles. The molecule has 0 aliphatic carbocycles. The fourth-order valence-electron chi connectivity index (χ4n) is 1.64. The maximum atomic E-state index is 11.8. The lowest BCUT2D eigenvalue weighted by molar-refractivity contribution is 0.0530. The van der Waals surface area contributed by atoms with Gasteiger partial charge < -0.3 is 10.5 Å². The molecule has 19 heavy (non-hydrogen) atoms. The molecule has 2 aromatic rings. The van der Waals surface area contributed by atoms with Crippen LogP contribution in [0.4, 0.5) is 5.13 Å². The van der Waals surface area contributed by atoms with Crippen molar-refractivity contribution in [2.24, 2.45) is 0 Å². The van der Waals surface area contributed by atoms with Crippen molar-refractivity contribution in [2.75, 3.05) is 12.3 Å². The largest absolute Gasteiger partial charge is 0.462 e. The first kappa shape index (κ1) is 13.8. The fourth-order valence-corrected chi connectivity index (χ4v) is 2.51. The van der Waals surface area contributed by atoms with E-state index in [1.807, 2.05) is 12.1 Å². The van der Waals surface area contributed by atoms with E-state index in [1.54, 1.807) is 19.1 Å². The van der Waals surface area contributed by atoms with E-state index >= 15 is 0 Å². The molecule has 0 unspecified atom stereocenters. The first-order chi connectivity index (χ1) is 9.10. The quantitative estimate of drug-likeness (QED) is 0.880. The second kappa shape index (κ2) is 6.04. The summed E-state index contributed by atoms with van der Waals surface area (Å²) in [5, 5.41) is 1.04. The van der Waals surface area contributed by atoms with Crippen molar-refractivity contribution in [3.05, 3.63) is 45.4 Å². The van der Waals surface area contributed by atoms with Crippen molar-refractivity contribution in [1.82, 2.24) is 4.98 Å². The molecule has 100 valence electrons. The summed E-state index contributed by atoms with van der Waals surface area (Å²) < 4.78 is 4.99. The van der Waals surface area contributed by atoms with Crippen LogP contribution in [0.5, 0.6) is 0 Å². The summed E-state index contributed by atoms with van der Waals surface area (Å²) in [5.74, 6) is -0.374. The molecule has 2 N–H and O–H groups in total. The highest BCUT2D eigenvalue weighted by molar-refractivity contribution is 7.17. The average Bonchev–Trinajstić information content (AvgIpc) is 2.74. The number of carbonyl (C=O) groups is 1. The number of esters is 1. The molecule has 0 spiro atoms. The molecule has 2 rings (SSSR count). The van der Waals surface area contributed by atoms with Gasteiger partial charge in [0.15, 0.2) is 5.13 Å². The predicted molar refractivity (Wildman–Crippen MR) is 76.7 cm³/mol. The summed E-state index contributed by atoms with van der Waals surface area (Å²) in [6.07, 6.45) is 0.527. The van der Waals surface area contributed by atoms with Crippen molar-refractivity contribution in [3.8, 4) is 0 Å². The maximum absolute atomic E-state index is 11.8. The van der Waals surface area contributed by atoms with E-state index in [0.717, 1.165) is 16.9 Å². The number of carbonyl (C=O) groups excluding carboxylic acids is 1. The van der Waals surface area contributed by atoms with Gasteiger partial charge >= 0.3 is 5.97 Å². The minimum Gasteiger partial charge on any atom is -0.462 e. The van der Waals surface area contributed by atoms with E-state index in [2.05, 4.69) is 4.98 Å². The van der Waals surface area contributed by atoms with Gasteiger partial charge in [-0.3, -0.25) is 0 Å². The highest BCUT2D eigenvalue weighted by atomic mass is 35.5. The molecule has 1 heterocycles. The molecular formula is C13H13ClN2O2S. The van der Waals surface area contributed by atoms with Crippen molar-refractivity contribution in [3.63, 3.8) is 0 Å². The number of thiazole rings is 1. The third-order valence-corrected chi connectivity index (χ3v) is 3.62. The lowest BCUT2D eigenvalue weighted by atomic mass is 10.1. The number of aromatic nitrogens is 1. The number of nitrogen functional groups attached to an aromatic ring is 1. The Bertz CT molecular complexity index is 581. The van der Waals surface area contributed by atoms with Gasteiger partial charge in [0.1, 0.15) is 4.88 Å². The van der Waals surface area contributed by atoms with E-state index < -0.39 is 0 Å². The van der Waals surface area contributed by atoms with Gasteiger partial charge in [0, 0.05) is 11.4 Å². The molecule has 0 fully saturated rings. The molecule has 0 saturated heterocycles. The second-order valence-electron chi connectivity index (χ2n) is 3.85. The molecule has 0 radical (unpaired) electrons. The van der Waals surface area contributed by atoms with Gasteiger partial charge in [0.05, 0.1) is 12.3 Å². The minimum atomic E-state index is -0.374. The topological polar surface area (TPSA) is 65.2 Å². The van der Waals surface area contributed by atoms with Gasteiger partial charge in [-0.15, -0.1) is 0 Å². The van der Waals surface area contributed by atoms with Crippen LogP contribution in [-0.2, 0) is 11.2 Å². The third-order valence-electron chi connectivity index (χ3n) is 2.46. The molecule has 4 nitrogen and oxygen atoms in total. The minimum absolute atomic E-state index is 0.330. The van der Waals surface area contributed by atoms with Gasteiger partial charge in [-0.25, -0.2) is 9.78 Å². The molecule has 0 aliphatic rings. The number of ether oxygens (including phenoxy) is 1. The van der Waals surface area contributed by atoms with E-state index in [4.69, 9.17) is 22.1 Å². The maximum Gasteiger partial charge on any atom is 0.350 e. The summed E-state index contributed by atoms with van der Waals surface area (Å²) in [6.45, 7) is 2.10. The molecule has 0 amide bonds. The second-order valence-corrected chi connectivity index (χ2v) is 5.32. The van der Waals surface area contributed by atoms with Gasteiger partial charge in [-0.2, -0.15) is 0 Å². The Hall–Kier alpha value is -1.59. The Labute approximate surface area is 120 Å². The van der Waals surface area contributed by atoms with Crippen LogP contribution in [0, 0.1) is 0 Å². The number of halogens is 1. The van der Waals surface area contributed by atoms with E-state index in [9.17, 15) is 4.79 Å². The Balaban J connectivity index is 2.24. The first-order valence-corrected chi connectivity index (χ1v) is 6.96. The number of anilines is 1. The number of hydrogen-bond acceptors (Lipinski definition) is 5. The van der Waals surface area contributed by atoms with Crippen LogP contribution in [0.15, 0.2) is 24.3 Å². The monoisotopic (exact) mass is 296 g/mol. The van der Waals surface area contributed by atoms with Crippen molar-refractivity contribution in [1.29, 1.82) is 0 Å². The summed E-state index contributed by atoms with van der Waals surface area (Å²) in [6, 6.07) is 7.40. The summed E-state index contributed by atoms with van der Waals surface area (Å²) in [7, 11) is 0. The molecule has 0 atom stereocenters. The van der Waals surface area contributed by atoms with Crippen LogP contribution in [0.3, 0.4) is 0 Å². The standard InChI is InChI=1S/C13H13ClN2O2S/c1-2-18-12(17)11-10(16-13(15)19-11)7-8-3-5-9(14)6-4-8/h3-6H,2,7H2,1H3,(H2,15,16). The van der Waals surface area contributed by atoms with E-state index in [0.29, 0.717) is 33.8 Å². The Morgan fingerprint density at radius 3 is 2.74 bits per heavy atom. The molecular weight excluding hydrogens is 284 g/mol. The third kappa shape index (κ3) is 3.45. The van der Waals surface area contributed by atoms with Gasteiger partial charge in [0.25, 0.3) is 0 Å². The van der Waals surface area contributed by atoms with Gasteiger partial charge in [-0.05, 0) is 24.6 Å². The lowest BCUT2D eigenvalue weighted by Crippen LogP contribution is -2.06. The molecule has 0 saturated carbocycles. The Morgan fingerprint density at radius 1 is 1.42 bits per heavy atom. The van der Waals surface area contributed by atoms with Gasteiger partial charge in [0.2, 0.25) is 0 Å². The van der Waals surface area contributed by atoms with E-state index in [-0.39, 0.29) is 5.97 Å². The van der Waals surface area contributed by atoms with Crippen molar-refractivity contribution < 1.29 is 9.53 Å². The van der Waals surface area contributed by atoms with Crippen LogP contribution in [0.2, 0.25) is 5.02 Å². The first-order valence-electron chi connectivity index (χ1n) is 5.77. The van der Waals surface area contributed by atoms with Crippen LogP contribution in [0.1, 0.15) is 27.9 Å². The van der Waals surface area contributed by atoms with Crippen LogP contribution >= 0.6 is 22.9 Å². The number of benzene rings is 1. The summed E-state index contributed by atoms with van der Waals surface area (Å²) in [5.41, 5.74) is 7.33. The normalized spacial score (nSPS) is 10.4. The van der Waals surface area contributed by atoms with Crippen LogP contribution in [-0.4, -0.2) is 17.6 Å². The van der Waals surface area contributed by atoms with Crippen LogP contribution in [0.25, 0.3) is 0 Å². The predicted octanol–water partition coefficient (Wildman–Crippen LogP) is 3.15. The molecule has 0 aliphatic heterocycles. The highest BCUT2D eigenvalue weighted by Gasteiger charge is 2.18. The summed E-state index contributed by atoms with van der Waals surface area (Å²) >= 11 is 6.98. The zero-order valence-corrected chi connectivity index (χ0v) is 11.9. The SMILES string of the molecule is CCOC(=O)c1sc(N)nc1Cc1ccc(Cl)cc1. The Kier molecular flexibility index (Phi) is 4.39. The number of hydrogen-bond donors (Lipinski definition) is 1. The smallest absolute Gasteiger partial charge is 0.350 e.